The Balaban J connectivity index is 1.67. The predicted molar refractivity (Wildman–Crippen MR) is 75.7 cm³/mol. The standard InChI is InChI=1S/C17H19NO/c1-2-6-14(7-3-1)10-17-13-19-12-16-9-5-4-8-15(16)11-18-17/h1-9,17-18H,10-13H2/p+1. The van der Waals surface area contributed by atoms with Crippen LogP contribution in [0.25, 0.3) is 0 Å². The Kier molecular flexibility index (Phi) is 3.92. The van der Waals surface area contributed by atoms with Crippen LogP contribution < -0.4 is 5.32 Å². The van der Waals surface area contributed by atoms with Gasteiger partial charge in [-0.2, -0.15) is 0 Å². The van der Waals surface area contributed by atoms with Gasteiger partial charge in [0.1, 0.15) is 12.6 Å². The summed E-state index contributed by atoms with van der Waals surface area (Å²) in [6.07, 6.45) is 1.07. The molecule has 0 saturated carbocycles. The summed E-state index contributed by atoms with van der Waals surface area (Å²) >= 11 is 0. The summed E-state index contributed by atoms with van der Waals surface area (Å²) in [6.45, 7) is 2.62. The van der Waals surface area contributed by atoms with Crippen LogP contribution in [-0.4, -0.2) is 12.6 Å². The first-order chi connectivity index (χ1) is 9.42. The third-order valence-corrected chi connectivity index (χ3v) is 3.72. The maximum Gasteiger partial charge on any atom is 0.114 e. The first-order valence-electron chi connectivity index (χ1n) is 6.93. The van der Waals surface area contributed by atoms with E-state index in [-0.39, 0.29) is 0 Å². The molecule has 0 amide bonds. The Labute approximate surface area is 114 Å². The SMILES string of the molecule is c1ccc(CC2COCc3ccccc3C[NH2+]2)cc1. The van der Waals surface area contributed by atoms with Crippen LogP contribution in [0.15, 0.2) is 54.6 Å². The lowest BCUT2D eigenvalue weighted by Gasteiger charge is -2.20. The van der Waals surface area contributed by atoms with E-state index in [2.05, 4.69) is 59.9 Å². The molecule has 0 bridgehead atoms. The Bertz CT molecular complexity index is 524. The number of rotatable bonds is 2. The van der Waals surface area contributed by atoms with Crippen molar-refractivity contribution in [1.29, 1.82) is 0 Å². The van der Waals surface area contributed by atoms with E-state index >= 15 is 0 Å². The molecule has 0 aliphatic carbocycles. The van der Waals surface area contributed by atoms with E-state index < -0.39 is 0 Å². The van der Waals surface area contributed by atoms with Crippen molar-refractivity contribution in [3.05, 3.63) is 71.3 Å². The molecule has 2 aromatic carbocycles. The van der Waals surface area contributed by atoms with Crippen LogP contribution in [0.5, 0.6) is 0 Å². The molecule has 0 saturated heterocycles. The zero-order chi connectivity index (χ0) is 12.9. The number of hydrogen-bond acceptors (Lipinski definition) is 1. The largest absolute Gasteiger partial charge is 0.371 e. The van der Waals surface area contributed by atoms with Gasteiger partial charge in [0, 0.05) is 12.0 Å². The van der Waals surface area contributed by atoms with E-state index in [1.165, 1.54) is 16.7 Å². The fourth-order valence-corrected chi connectivity index (χ4v) is 2.64. The molecule has 98 valence electrons. The van der Waals surface area contributed by atoms with Crippen molar-refractivity contribution in [2.24, 2.45) is 0 Å². The second-order valence-corrected chi connectivity index (χ2v) is 5.17. The minimum Gasteiger partial charge on any atom is -0.371 e. The van der Waals surface area contributed by atoms with Gasteiger partial charge in [-0.1, -0.05) is 54.6 Å². The van der Waals surface area contributed by atoms with Crippen molar-refractivity contribution in [2.75, 3.05) is 6.61 Å². The van der Waals surface area contributed by atoms with Crippen LogP contribution in [0.3, 0.4) is 0 Å². The summed E-state index contributed by atoms with van der Waals surface area (Å²) in [4.78, 5) is 0. The summed E-state index contributed by atoms with van der Waals surface area (Å²) in [7, 11) is 0. The summed E-state index contributed by atoms with van der Waals surface area (Å²) in [5.41, 5.74) is 4.12. The minimum absolute atomic E-state index is 0.510. The maximum atomic E-state index is 5.85. The van der Waals surface area contributed by atoms with Gasteiger partial charge in [-0.15, -0.1) is 0 Å². The van der Waals surface area contributed by atoms with E-state index in [1.807, 2.05) is 0 Å². The molecule has 0 radical (unpaired) electrons. The normalized spacial score (nSPS) is 19.3. The molecule has 2 aromatic rings. The molecule has 2 N–H and O–H groups in total. The van der Waals surface area contributed by atoms with E-state index in [0.29, 0.717) is 6.04 Å². The molecular formula is C17H20NO+. The Morgan fingerprint density at radius 3 is 2.53 bits per heavy atom. The monoisotopic (exact) mass is 254 g/mol. The van der Waals surface area contributed by atoms with E-state index in [0.717, 1.165) is 26.2 Å². The number of nitrogens with two attached hydrogens (primary N) is 1. The number of quaternary nitrogens is 1. The molecule has 1 atom stereocenters. The zero-order valence-corrected chi connectivity index (χ0v) is 11.1. The highest BCUT2D eigenvalue weighted by Crippen LogP contribution is 2.11. The Hall–Kier alpha value is -1.64. The van der Waals surface area contributed by atoms with Crippen LogP contribution in [0, 0.1) is 0 Å². The smallest absolute Gasteiger partial charge is 0.114 e. The highest BCUT2D eigenvalue weighted by molar-refractivity contribution is 5.25. The number of ether oxygens (including phenoxy) is 1. The topological polar surface area (TPSA) is 25.8 Å². The van der Waals surface area contributed by atoms with E-state index in [4.69, 9.17) is 4.74 Å². The lowest BCUT2D eigenvalue weighted by Crippen LogP contribution is -2.90. The second kappa shape index (κ2) is 6.00. The summed E-state index contributed by atoms with van der Waals surface area (Å²) in [6, 6.07) is 19.8. The summed E-state index contributed by atoms with van der Waals surface area (Å²) in [5, 5.41) is 2.41. The predicted octanol–water partition coefficient (Wildman–Crippen LogP) is 1.89. The molecule has 1 aliphatic rings. The highest BCUT2D eigenvalue weighted by Gasteiger charge is 2.17. The van der Waals surface area contributed by atoms with Crippen molar-refractivity contribution in [3.8, 4) is 0 Å². The van der Waals surface area contributed by atoms with Gasteiger partial charge in [0.25, 0.3) is 0 Å². The lowest BCUT2D eigenvalue weighted by molar-refractivity contribution is -0.707. The average molecular weight is 254 g/mol. The van der Waals surface area contributed by atoms with Crippen LogP contribution in [0.1, 0.15) is 16.7 Å². The van der Waals surface area contributed by atoms with Crippen molar-refractivity contribution in [2.45, 2.75) is 25.6 Å². The van der Waals surface area contributed by atoms with Crippen molar-refractivity contribution < 1.29 is 10.1 Å². The molecule has 2 heteroatoms. The molecule has 3 rings (SSSR count). The maximum absolute atomic E-state index is 5.85. The van der Waals surface area contributed by atoms with Gasteiger partial charge in [0.05, 0.1) is 13.2 Å². The second-order valence-electron chi connectivity index (χ2n) is 5.17. The Morgan fingerprint density at radius 1 is 0.947 bits per heavy atom. The van der Waals surface area contributed by atoms with Crippen LogP contribution in [0.4, 0.5) is 0 Å². The zero-order valence-electron chi connectivity index (χ0n) is 11.1. The number of benzene rings is 2. The van der Waals surface area contributed by atoms with Gasteiger partial charge in [-0.3, -0.25) is 0 Å². The number of hydrogen-bond donors (Lipinski definition) is 1. The fourth-order valence-electron chi connectivity index (χ4n) is 2.64. The van der Waals surface area contributed by atoms with Gasteiger partial charge in [0.2, 0.25) is 0 Å². The molecule has 0 fully saturated rings. The molecule has 0 aromatic heterocycles. The molecule has 19 heavy (non-hydrogen) atoms. The van der Waals surface area contributed by atoms with Gasteiger partial charge in [0.15, 0.2) is 0 Å². The van der Waals surface area contributed by atoms with Crippen molar-refractivity contribution >= 4 is 0 Å². The molecule has 2 nitrogen and oxygen atoms in total. The minimum atomic E-state index is 0.510. The molecule has 0 spiro atoms. The van der Waals surface area contributed by atoms with Gasteiger partial charge in [-0.25, -0.2) is 0 Å². The lowest BCUT2D eigenvalue weighted by atomic mass is 10.0. The average Bonchev–Trinajstić information content (AvgIpc) is 2.44. The van der Waals surface area contributed by atoms with Crippen LogP contribution >= 0.6 is 0 Å². The van der Waals surface area contributed by atoms with Crippen LogP contribution in [-0.2, 0) is 24.3 Å². The molecular weight excluding hydrogens is 234 g/mol. The van der Waals surface area contributed by atoms with E-state index in [1.54, 1.807) is 0 Å². The fraction of sp³-hybridized carbons (Fsp3) is 0.294. The molecule has 1 heterocycles. The first kappa shape index (κ1) is 12.4. The van der Waals surface area contributed by atoms with Gasteiger partial charge >= 0.3 is 0 Å². The van der Waals surface area contributed by atoms with Crippen molar-refractivity contribution in [3.63, 3.8) is 0 Å². The van der Waals surface area contributed by atoms with Gasteiger partial charge in [-0.05, 0) is 11.1 Å². The quantitative estimate of drug-likeness (QED) is 0.870. The van der Waals surface area contributed by atoms with Gasteiger partial charge < -0.3 is 10.1 Å². The molecule has 1 aliphatic heterocycles. The Morgan fingerprint density at radius 2 is 1.68 bits per heavy atom. The summed E-state index contributed by atoms with van der Waals surface area (Å²) in [5.74, 6) is 0. The summed E-state index contributed by atoms with van der Waals surface area (Å²) < 4.78 is 5.85. The number of fused-ring (bicyclic) bond motifs is 1. The van der Waals surface area contributed by atoms with E-state index in [9.17, 15) is 0 Å². The van der Waals surface area contributed by atoms with Crippen molar-refractivity contribution in [1.82, 2.24) is 0 Å². The third-order valence-electron chi connectivity index (χ3n) is 3.72. The first-order valence-corrected chi connectivity index (χ1v) is 6.93. The van der Waals surface area contributed by atoms with Crippen LogP contribution in [0.2, 0.25) is 0 Å². The highest BCUT2D eigenvalue weighted by atomic mass is 16.5. The molecule has 1 unspecified atom stereocenters. The third kappa shape index (κ3) is 3.22.